The summed E-state index contributed by atoms with van der Waals surface area (Å²) in [6, 6.07) is 29.4. The number of nitrogens with zero attached hydrogens (tertiary/aromatic N) is 2. The van der Waals surface area contributed by atoms with Crippen LogP contribution in [-0.4, -0.2) is 31.6 Å². The molecule has 0 aromatic heterocycles. The third-order valence-electron chi connectivity index (χ3n) is 6.39. The molecule has 30 heavy (non-hydrogen) atoms. The standard InChI is InChI=1S/C26H27N3O/c30-26(27-18-20-9-3-1-4-10-20)23-17-21-11-7-8-14-24(21)29-16-15-28(19-25(23)29)22-12-5-2-6-13-22/h1-14,23,25H,15-19H2,(H,27,30)/t23-,25-/m0/s1. The van der Waals surface area contributed by atoms with E-state index in [9.17, 15) is 4.79 Å². The molecule has 0 radical (unpaired) electrons. The molecule has 0 unspecified atom stereocenters. The Morgan fingerprint density at radius 1 is 0.867 bits per heavy atom. The van der Waals surface area contributed by atoms with Gasteiger partial charge in [-0.25, -0.2) is 0 Å². The van der Waals surface area contributed by atoms with Crippen molar-refractivity contribution in [1.82, 2.24) is 5.32 Å². The van der Waals surface area contributed by atoms with Crippen LogP contribution in [0.15, 0.2) is 84.9 Å². The molecule has 4 heteroatoms. The first kappa shape index (κ1) is 18.7. The van der Waals surface area contributed by atoms with Crippen LogP contribution in [-0.2, 0) is 17.8 Å². The quantitative estimate of drug-likeness (QED) is 0.726. The zero-order valence-corrected chi connectivity index (χ0v) is 17.1. The molecule has 1 saturated heterocycles. The van der Waals surface area contributed by atoms with Crippen molar-refractivity contribution in [3.63, 3.8) is 0 Å². The predicted octanol–water partition coefficient (Wildman–Crippen LogP) is 3.87. The molecule has 152 valence electrons. The van der Waals surface area contributed by atoms with E-state index in [0.29, 0.717) is 6.54 Å². The van der Waals surface area contributed by atoms with Crippen LogP contribution in [0, 0.1) is 5.92 Å². The molecular formula is C26H27N3O. The van der Waals surface area contributed by atoms with E-state index in [1.54, 1.807) is 0 Å². The van der Waals surface area contributed by atoms with Crippen LogP contribution in [0.1, 0.15) is 11.1 Å². The number of hydrogen-bond acceptors (Lipinski definition) is 3. The van der Waals surface area contributed by atoms with Gasteiger partial charge in [-0.05, 0) is 35.7 Å². The Kier molecular flexibility index (Phi) is 5.14. The third-order valence-corrected chi connectivity index (χ3v) is 6.39. The van der Waals surface area contributed by atoms with Crippen molar-refractivity contribution in [2.75, 3.05) is 29.4 Å². The van der Waals surface area contributed by atoms with Gasteiger partial charge in [-0.2, -0.15) is 0 Å². The van der Waals surface area contributed by atoms with Gasteiger partial charge in [0.05, 0.1) is 12.0 Å². The highest BCUT2D eigenvalue weighted by atomic mass is 16.1. The van der Waals surface area contributed by atoms with Crippen LogP contribution in [0.2, 0.25) is 0 Å². The number of anilines is 2. The van der Waals surface area contributed by atoms with Gasteiger partial charge >= 0.3 is 0 Å². The van der Waals surface area contributed by atoms with Gasteiger partial charge in [0.1, 0.15) is 0 Å². The van der Waals surface area contributed by atoms with Crippen molar-refractivity contribution < 1.29 is 4.79 Å². The summed E-state index contributed by atoms with van der Waals surface area (Å²) in [4.78, 5) is 18.2. The van der Waals surface area contributed by atoms with Crippen molar-refractivity contribution in [2.45, 2.75) is 19.0 Å². The maximum Gasteiger partial charge on any atom is 0.225 e. The van der Waals surface area contributed by atoms with Gasteiger partial charge in [-0.1, -0.05) is 66.7 Å². The Bertz CT molecular complexity index is 1010. The first-order valence-electron chi connectivity index (χ1n) is 10.8. The van der Waals surface area contributed by atoms with Gasteiger partial charge in [0.15, 0.2) is 0 Å². The van der Waals surface area contributed by atoms with Crippen molar-refractivity contribution in [2.24, 2.45) is 5.92 Å². The zero-order chi connectivity index (χ0) is 20.3. The fourth-order valence-electron chi connectivity index (χ4n) is 4.85. The second kappa shape index (κ2) is 8.23. The minimum absolute atomic E-state index is 0.0601. The summed E-state index contributed by atoms with van der Waals surface area (Å²) in [5, 5.41) is 3.20. The van der Waals surface area contributed by atoms with Crippen LogP contribution in [0.4, 0.5) is 11.4 Å². The summed E-state index contributed by atoms with van der Waals surface area (Å²) < 4.78 is 0. The molecule has 2 aliphatic heterocycles. The highest BCUT2D eigenvalue weighted by molar-refractivity contribution is 5.82. The van der Waals surface area contributed by atoms with Crippen LogP contribution >= 0.6 is 0 Å². The number of rotatable bonds is 4. The lowest BCUT2D eigenvalue weighted by Crippen LogP contribution is -2.61. The number of para-hydroxylation sites is 2. The molecule has 2 heterocycles. The number of hydrogen-bond donors (Lipinski definition) is 1. The monoisotopic (exact) mass is 397 g/mol. The van der Waals surface area contributed by atoms with Crippen molar-refractivity contribution in [3.8, 4) is 0 Å². The molecule has 0 spiro atoms. The van der Waals surface area contributed by atoms with E-state index in [1.165, 1.54) is 16.9 Å². The Labute approximate surface area is 178 Å². The molecule has 3 aromatic carbocycles. The molecule has 0 bridgehead atoms. The number of nitrogens with one attached hydrogen (secondary N) is 1. The highest BCUT2D eigenvalue weighted by Gasteiger charge is 2.41. The third kappa shape index (κ3) is 3.65. The van der Waals surface area contributed by atoms with E-state index in [0.717, 1.165) is 31.6 Å². The van der Waals surface area contributed by atoms with Crippen LogP contribution in [0.3, 0.4) is 0 Å². The smallest absolute Gasteiger partial charge is 0.225 e. The second-order valence-corrected chi connectivity index (χ2v) is 8.19. The van der Waals surface area contributed by atoms with Crippen molar-refractivity contribution >= 4 is 17.3 Å². The van der Waals surface area contributed by atoms with E-state index in [-0.39, 0.29) is 17.9 Å². The minimum atomic E-state index is -0.0601. The minimum Gasteiger partial charge on any atom is -0.368 e. The molecule has 3 aromatic rings. The first-order chi connectivity index (χ1) is 14.8. The number of piperazine rings is 1. The number of carbonyl (C=O) groups is 1. The molecule has 2 atom stereocenters. The Hall–Kier alpha value is -3.27. The molecule has 2 aliphatic rings. The number of amides is 1. The first-order valence-corrected chi connectivity index (χ1v) is 10.8. The lowest BCUT2D eigenvalue weighted by Gasteiger charge is -2.49. The van der Waals surface area contributed by atoms with E-state index in [1.807, 2.05) is 18.2 Å². The number of benzene rings is 3. The van der Waals surface area contributed by atoms with Gasteiger partial charge in [-0.3, -0.25) is 4.79 Å². The van der Waals surface area contributed by atoms with Crippen molar-refractivity contribution in [1.29, 1.82) is 0 Å². The Balaban J connectivity index is 1.39. The van der Waals surface area contributed by atoms with E-state index < -0.39 is 0 Å². The zero-order valence-electron chi connectivity index (χ0n) is 17.1. The van der Waals surface area contributed by atoms with Gasteiger partial charge < -0.3 is 15.1 Å². The van der Waals surface area contributed by atoms with Crippen LogP contribution in [0.5, 0.6) is 0 Å². The molecule has 1 amide bonds. The molecular weight excluding hydrogens is 370 g/mol. The van der Waals surface area contributed by atoms with Gasteiger partial charge in [0.2, 0.25) is 5.91 Å². The normalized spacial score (nSPS) is 20.3. The lowest BCUT2D eigenvalue weighted by molar-refractivity contribution is -0.126. The second-order valence-electron chi connectivity index (χ2n) is 8.19. The van der Waals surface area contributed by atoms with Gasteiger partial charge in [-0.15, -0.1) is 0 Å². The maximum atomic E-state index is 13.3. The summed E-state index contributed by atoms with van der Waals surface area (Å²) in [5.41, 5.74) is 4.94. The highest BCUT2D eigenvalue weighted by Crippen LogP contribution is 2.36. The average molecular weight is 398 g/mol. The van der Waals surface area contributed by atoms with E-state index >= 15 is 0 Å². The molecule has 1 N–H and O–H groups in total. The molecule has 0 saturated carbocycles. The van der Waals surface area contributed by atoms with E-state index in [2.05, 4.69) is 81.8 Å². The number of fused-ring (bicyclic) bond motifs is 3. The van der Waals surface area contributed by atoms with Crippen molar-refractivity contribution in [3.05, 3.63) is 96.1 Å². The lowest BCUT2D eigenvalue weighted by atomic mass is 9.83. The Morgan fingerprint density at radius 2 is 1.57 bits per heavy atom. The summed E-state index contributed by atoms with van der Waals surface area (Å²) in [7, 11) is 0. The molecule has 1 fully saturated rings. The van der Waals surface area contributed by atoms with Crippen LogP contribution in [0.25, 0.3) is 0 Å². The Morgan fingerprint density at radius 3 is 2.37 bits per heavy atom. The molecule has 5 rings (SSSR count). The summed E-state index contributed by atoms with van der Waals surface area (Å²) in [5.74, 6) is 0.0911. The van der Waals surface area contributed by atoms with Gasteiger partial charge in [0, 0.05) is 37.6 Å². The maximum absolute atomic E-state index is 13.3. The summed E-state index contributed by atoms with van der Waals surface area (Å²) in [6.45, 7) is 3.33. The fourth-order valence-corrected chi connectivity index (χ4v) is 4.85. The molecule has 4 nitrogen and oxygen atoms in total. The fraction of sp³-hybridized carbons (Fsp3) is 0.269. The predicted molar refractivity (Wildman–Crippen MR) is 122 cm³/mol. The van der Waals surface area contributed by atoms with E-state index in [4.69, 9.17) is 0 Å². The topological polar surface area (TPSA) is 35.6 Å². The SMILES string of the molecule is O=C(NCc1ccccc1)[C@H]1Cc2ccccc2N2CCN(c3ccccc3)C[C@@H]12. The summed E-state index contributed by atoms with van der Waals surface area (Å²) >= 11 is 0. The van der Waals surface area contributed by atoms with Crippen LogP contribution < -0.4 is 15.1 Å². The van der Waals surface area contributed by atoms with Gasteiger partial charge in [0.25, 0.3) is 0 Å². The largest absolute Gasteiger partial charge is 0.368 e. The molecule has 0 aliphatic carbocycles. The number of carbonyl (C=O) groups excluding carboxylic acids is 1. The average Bonchev–Trinajstić information content (AvgIpc) is 2.83. The summed E-state index contributed by atoms with van der Waals surface area (Å²) in [6.07, 6.45) is 0.792.